The van der Waals surface area contributed by atoms with Gasteiger partial charge in [-0.25, -0.2) is 13.8 Å². The molecule has 33 heavy (non-hydrogen) atoms. The average Bonchev–Trinajstić information content (AvgIpc) is 2.72. The van der Waals surface area contributed by atoms with Crippen molar-refractivity contribution in [3.8, 4) is 11.1 Å². The number of benzene rings is 1. The summed E-state index contributed by atoms with van der Waals surface area (Å²) in [6, 6.07) is 6.45. The first-order valence-electron chi connectivity index (χ1n) is 11.3. The molecule has 176 valence electrons. The summed E-state index contributed by atoms with van der Waals surface area (Å²) >= 11 is 0. The molecule has 3 heterocycles. The van der Waals surface area contributed by atoms with E-state index >= 15 is 4.39 Å². The smallest absolute Gasteiger partial charge is 0.227 e. The van der Waals surface area contributed by atoms with E-state index in [0.29, 0.717) is 16.9 Å². The van der Waals surface area contributed by atoms with Gasteiger partial charge in [0.05, 0.1) is 6.54 Å². The van der Waals surface area contributed by atoms with Crippen LogP contribution in [0.15, 0.2) is 47.6 Å². The van der Waals surface area contributed by atoms with E-state index in [1.807, 2.05) is 6.07 Å². The van der Waals surface area contributed by atoms with E-state index < -0.39 is 5.79 Å². The quantitative estimate of drug-likeness (QED) is 0.618. The number of alkyl halides is 1. The third-order valence-corrected chi connectivity index (χ3v) is 6.77. The molecule has 0 aliphatic carbocycles. The molecule has 1 aromatic heterocycles. The molecule has 2 aromatic rings. The Kier molecular flexibility index (Phi) is 5.99. The van der Waals surface area contributed by atoms with Crippen molar-refractivity contribution in [3.63, 3.8) is 0 Å². The molecule has 0 bridgehead atoms. The number of nitrogens with one attached hydrogen (secondary N) is 2. The maximum absolute atomic E-state index is 15.1. The summed E-state index contributed by atoms with van der Waals surface area (Å²) in [6.07, 6.45) is 7.92. The number of likely N-dealkylation sites (tertiary alicyclic amines) is 1. The van der Waals surface area contributed by atoms with Crippen LogP contribution >= 0.6 is 0 Å². The summed E-state index contributed by atoms with van der Waals surface area (Å²) in [6.45, 7) is 8.86. The van der Waals surface area contributed by atoms with E-state index in [0.717, 1.165) is 12.8 Å². The highest BCUT2D eigenvalue weighted by atomic mass is 19.1. The maximum atomic E-state index is 15.1. The first-order chi connectivity index (χ1) is 15.5. The summed E-state index contributed by atoms with van der Waals surface area (Å²) in [5.41, 5.74) is 1.27. The van der Waals surface area contributed by atoms with Gasteiger partial charge in [0.1, 0.15) is 11.6 Å². The summed E-state index contributed by atoms with van der Waals surface area (Å²) < 4.78 is 29.1. The van der Waals surface area contributed by atoms with Crippen molar-refractivity contribution in [2.45, 2.75) is 63.4 Å². The lowest BCUT2D eigenvalue weighted by Gasteiger charge is -2.53. The third-order valence-electron chi connectivity index (χ3n) is 6.77. The molecule has 1 saturated heterocycles. The van der Waals surface area contributed by atoms with Crippen LogP contribution in [0.1, 0.15) is 40.5 Å². The van der Waals surface area contributed by atoms with E-state index in [4.69, 9.17) is 0 Å². The average molecular weight is 455 g/mol. The summed E-state index contributed by atoms with van der Waals surface area (Å²) in [7, 11) is 2.15. The number of piperidine rings is 1. The van der Waals surface area contributed by atoms with Gasteiger partial charge in [0, 0.05) is 35.1 Å². The number of aromatic nitrogens is 2. The Morgan fingerprint density at radius 3 is 2.48 bits per heavy atom. The summed E-state index contributed by atoms with van der Waals surface area (Å²) in [4.78, 5) is 15.4. The van der Waals surface area contributed by atoms with Crippen LogP contribution in [0.5, 0.6) is 0 Å². The number of rotatable bonds is 5. The summed E-state index contributed by atoms with van der Waals surface area (Å²) in [5, 5.41) is 6.33. The number of halogens is 2. The molecule has 0 saturated carbocycles. The first kappa shape index (κ1) is 23.3. The second kappa shape index (κ2) is 8.48. The number of hydrogen-bond donors (Lipinski definition) is 2. The molecule has 1 atom stereocenters. The standard InChI is InChI=1S/C25H32F2N6/c1-23(2)13-19(14-24(3,4)33(23)5)30-21-20(17-8-6-9-18(26)12-17)15-29-22(31-21)32-25(27)10-7-11-28-16-25/h6-12,15,19H,13-14,16H2,1-5H3,(H2,29,30,31,32). The van der Waals surface area contributed by atoms with E-state index in [1.54, 1.807) is 24.6 Å². The fourth-order valence-corrected chi connectivity index (χ4v) is 4.85. The largest absolute Gasteiger partial charge is 0.367 e. The molecule has 1 aromatic carbocycles. The van der Waals surface area contributed by atoms with Gasteiger partial charge in [-0.15, -0.1) is 0 Å². The van der Waals surface area contributed by atoms with Gasteiger partial charge in [-0.3, -0.25) is 9.89 Å². The fraction of sp³-hybridized carbons (Fsp3) is 0.480. The molecule has 1 fully saturated rings. The van der Waals surface area contributed by atoms with Crippen LogP contribution < -0.4 is 10.6 Å². The molecule has 4 rings (SSSR count). The zero-order valence-electron chi connectivity index (χ0n) is 19.9. The van der Waals surface area contributed by atoms with Gasteiger partial charge >= 0.3 is 0 Å². The van der Waals surface area contributed by atoms with Gasteiger partial charge in [-0.2, -0.15) is 4.98 Å². The van der Waals surface area contributed by atoms with Gasteiger partial charge in [-0.05, 0) is 77.4 Å². The van der Waals surface area contributed by atoms with E-state index in [-0.39, 0.29) is 35.4 Å². The molecule has 0 spiro atoms. The SMILES string of the molecule is CN1C(C)(C)CC(Nc2nc(NC3(F)C=CC=NC3)ncc2-c2cccc(F)c2)CC1(C)C. The highest BCUT2D eigenvalue weighted by molar-refractivity contribution is 5.76. The molecule has 1 unspecified atom stereocenters. The number of nitrogens with zero attached hydrogens (tertiary/aromatic N) is 4. The topological polar surface area (TPSA) is 65.4 Å². The van der Waals surface area contributed by atoms with Crippen LogP contribution in [0.25, 0.3) is 11.1 Å². The molecule has 2 aliphatic heterocycles. The molecule has 6 nitrogen and oxygen atoms in total. The minimum Gasteiger partial charge on any atom is -0.367 e. The zero-order valence-corrected chi connectivity index (χ0v) is 19.9. The van der Waals surface area contributed by atoms with Crippen molar-refractivity contribution >= 4 is 18.0 Å². The Morgan fingerprint density at radius 1 is 1.12 bits per heavy atom. The van der Waals surface area contributed by atoms with Gasteiger partial charge in [0.25, 0.3) is 0 Å². The lowest BCUT2D eigenvalue weighted by atomic mass is 9.77. The Bertz CT molecular complexity index is 1060. The second-order valence-electron chi connectivity index (χ2n) is 10.2. The van der Waals surface area contributed by atoms with Crippen LogP contribution in [-0.2, 0) is 0 Å². The van der Waals surface area contributed by atoms with Crippen LogP contribution in [0.2, 0.25) is 0 Å². The number of allylic oxidation sites excluding steroid dienone is 1. The van der Waals surface area contributed by atoms with E-state index in [2.05, 4.69) is 65.2 Å². The van der Waals surface area contributed by atoms with Gasteiger partial charge < -0.3 is 10.6 Å². The predicted molar refractivity (Wildman–Crippen MR) is 130 cm³/mol. The number of dihydropyridines is 1. The molecule has 0 amide bonds. The maximum Gasteiger partial charge on any atom is 0.227 e. The van der Waals surface area contributed by atoms with Crippen molar-refractivity contribution < 1.29 is 8.78 Å². The molecule has 2 aliphatic rings. The Hall–Kier alpha value is -2.87. The van der Waals surface area contributed by atoms with E-state index in [9.17, 15) is 4.39 Å². The minimum absolute atomic E-state index is 0.0273. The van der Waals surface area contributed by atoms with Gasteiger partial charge in [0.2, 0.25) is 11.7 Å². The Labute approximate surface area is 194 Å². The number of aliphatic imine (C=N–C) groups is 1. The Balaban J connectivity index is 1.69. The zero-order chi connectivity index (χ0) is 23.9. The Morgan fingerprint density at radius 2 is 1.85 bits per heavy atom. The molecule has 0 radical (unpaired) electrons. The monoisotopic (exact) mass is 454 g/mol. The van der Waals surface area contributed by atoms with Crippen molar-refractivity contribution in [3.05, 3.63) is 48.4 Å². The van der Waals surface area contributed by atoms with Crippen LogP contribution in [0.4, 0.5) is 20.5 Å². The second-order valence-corrected chi connectivity index (χ2v) is 10.2. The van der Waals surface area contributed by atoms with Crippen LogP contribution in [0, 0.1) is 5.82 Å². The number of hydrogen-bond acceptors (Lipinski definition) is 6. The molecular formula is C25H32F2N6. The fourth-order valence-electron chi connectivity index (χ4n) is 4.85. The van der Waals surface area contributed by atoms with Crippen molar-refractivity contribution in [2.75, 3.05) is 24.2 Å². The van der Waals surface area contributed by atoms with Crippen molar-refractivity contribution in [1.82, 2.24) is 14.9 Å². The lowest BCUT2D eigenvalue weighted by molar-refractivity contribution is -0.00771. The van der Waals surface area contributed by atoms with Crippen molar-refractivity contribution in [1.29, 1.82) is 0 Å². The van der Waals surface area contributed by atoms with E-state index in [1.165, 1.54) is 18.2 Å². The lowest BCUT2D eigenvalue weighted by Crippen LogP contribution is -2.61. The predicted octanol–water partition coefficient (Wildman–Crippen LogP) is 5.06. The molecule has 8 heteroatoms. The highest BCUT2D eigenvalue weighted by Crippen LogP contribution is 2.39. The third kappa shape index (κ3) is 5.05. The van der Waals surface area contributed by atoms with Crippen LogP contribution in [-0.4, -0.2) is 57.6 Å². The highest BCUT2D eigenvalue weighted by Gasteiger charge is 2.43. The van der Waals surface area contributed by atoms with Gasteiger partial charge in [0.15, 0.2) is 0 Å². The molecule has 2 N–H and O–H groups in total. The van der Waals surface area contributed by atoms with Crippen LogP contribution in [0.3, 0.4) is 0 Å². The number of anilines is 2. The van der Waals surface area contributed by atoms with Crippen molar-refractivity contribution in [2.24, 2.45) is 4.99 Å². The minimum atomic E-state index is -1.86. The summed E-state index contributed by atoms with van der Waals surface area (Å²) in [5.74, 6) is -1.50. The molecular weight excluding hydrogens is 422 g/mol. The normalized spacial score (nSPS) is 24.6. The first-order valence-corrected chi connectivity index (χ1v) is 11.3. The van der Waals surface area contributed by atoms with Gasteiger partial charge in [-0.1, -0.05) is 12.1 Å².